The van der Waals surface area contributed by atoms with Gasteiger partial charge in [-0.2, -0.15) is 0 Å². The van der Waals surface area contributed by atoms with Crippen LogP contribution in [-0.2, 0) is 14.4 Å². The normalized spacial score (nSPS) is 21.4. The first-order valence-corrected chi connectivity index (χ1v) is 12.2. The Morgan fingerprint density at radius 2 is 1.58 bits per heavy atom. The van der Waals surface area contributed by atoms with E-state index < -0.39 is 24.0 Å². The highest BCUT2D eigenvalue weighted by molar-refractivity contribution is 6.36. The van der Waals surface area contributed by atoms with Gasteiger partial charge in [-0.05, 0) is 67.1 Å². The highest BCUT2D eigenvalue weighted by Gasteiger charge is 2.61. The predicted molar refractivity (Wildman–Crippen MR) is 138 cm³/mol. The fourth-order valence-electron chi connectivity index (χ4n) is 4.87. The molecule has 2 aliphatic heterocycles. The summed E-state index contributed by atoms with van der Waals surface area (Å²) in [4.78, 5) is 34.6. The lowest BCUT2D eigenvalue weighted by atomic mass is 9.94. The number of carbonyl (C=O) groups excluding carboxylic acids is 2. The van der Waals surface area contributed by atoms with Gasteiger partial charge in [0.2, 0.25) is 5.91 Å². The maximum atomic E-state index is 13.8. The van der Waals surface area contributed by atoms with Crippen LogP contribution in [-0.4, -0.2) is 17.9 Å². The quantitative estimate of drug-likeness (QED) is 0.284. The Labute approximate surface area is 217 Å². The second-order valence-corrected chi connectivity index (χ2v) is 9.68. The van der Waals surface area contributed by atoms with Crippen molar-refractivity contribution in [1.29, 1.82) is 0 Å². The Balaban J connectivity index is 1.43. The van der Waals surface area contributed by atoms with Crippen LogP contribution in [0.25, 0.3) is 11.3 Å². The zero-order chi connectivity index (χ0) is 25.0. The lowest BCUT2D eigenvalue weighted by molar-refractivity contribution is -0.126. The number of imide groups is 1. The van der Waals surface area contributed by atoms with Gasteiger partial charge in [0.15, 0.2) is 6.10 Å². The number of fused-ring (bicyclic) bond motifs is 1. The van der Waals surface area contributed by atoms with Crippen LogP contribution in [0.3, 0.4) is 0 Å². The fourth-order valence-corrected chi connectivity index (χ4v) is 5.37. The maximum absolute atomic E-state index is 13.8. The van der Waals surface area contributed by atoms with Gasteiger partial charge in [0.1, 0.15) is 23.5 Å². The number of furan rings is 1. The number of anilines is 2. The van der Waals surface area contributed by atoms with Gasteiger partial charge in [-0.3, -0.25) is 14.4 Å². The number of hydrogen-bond acceptors (Lipinski definition) is 5. The molecule has 36 heavy (non-hydrogen) atoms. The van der Waals surface area contributed by atoms with E-state index >= 15 is 0 Å². The number of nitrogens with zero attached hydrogens (tertiary/aromatic N) is 2. The second kappa shape index (κ2) is 8.82. The molecule has 2 fully saturated rings. The van der Waals surface area contributed by atoms with Crippen molar-refractivity contribution in [3.05, 3.63) is 106 Å². The molecule has 0 aliphatic carbocycles. The standard InChI is InChI=1S/C28H20Cl2N2O4/c1-16-6-5-9-19(14-16)31-27(33)24-25(32(36-26(24)28(31)34)18-7-3-2-4-8-18)23-13-12-22(35-23)20-11-10-17(29)15-21(20)30/h2-15,24-26H,1H3/t24-,25-,26-/m1/s1. The number of halogens is 2. The fraction of sp³-hybridized carbons (Fsp3) is 0.143. The lowest BCUT2D eigenvalue weighted by Gasteiger charge is -2.27. The Kier molecular flexibility index (Phi) is 5.60. The molecule has 8 heteroatoms. The van der Waals surface area contributed by atoms with E-state index in [4.69, 9.17) is 32.5 Å². The van der Waals surface area contributed by atoms with Crippen molar-refractivity contribution in [2.45, 2.75) is 19.1 Å². The van der Waals surface area contributed by atoms with E-state index in [1.54, 1.807) is 41.5 Å². The molecule has 4 aromatic rings. The zero-order valence-electron chi connectivity index (χ0n) is 19.1. The van der Waals surface area contributed by atoms with Crippen LogP contribution >= 0.6 is 23.2 Å². The van der Waals surface area contributed by atoms with E-state index in [2.05, 4.69) is 0 Å². The van der Waals surface area contributed by atoms with Crippen molar-refractivity contribution in [2.75, 3.05) is 9.96 Å². The van der Waals surface area contributed by atoms with Crippen molar-refractivity contribution in [2.24, 2.45) is 5.92 Å². The molecule has 2 amide bonds. The second-order valence-electron chi connectivity index (χ2n) is 8.84. The van der Waals surface area contributed by atoms with E-state index in [9.17, 15) is 9.59 Å². The molecule has 0 unspecified atom stereocenters. The third-order valence-electron chi connectivity index (χ3n) is 6.50. The van der Waals surface area contributed by atoms with Gasteiger partial charge in [-0.25, -0.2) is 9.96 Å². The molecule has 3 heterocycles. The molecule has 0 spiro atoms. The summed E-state index contributed by atoms with van der Waals surface area (Å²) < 4.78 is 6.25. The van der Waals surface area contributed by atoms with Crippen LogP contribution in [0.4, 0.5) is 11.4 Å². The molecule has 1 aromatic heterocycles. The number of carbonyl (C=O) groups is 2. The van der Waals surface area contributed by atoms with Gasteiger partial charge < -0.3 is 4.42 Å². The molecule has 6 rings (SSSR count). The van der Waals surface area contributed by atoms with Gasteiger partial charge in [-0.15, -0.1) is 0 Å². The molecule has 2 aliphatic rings. The van der Waals surface area contributed by atoms with E-state index in [1.807, 2.05) is 55.5 Å². The van der Waals surface area contributed by atoms with Gasteiger partial charge in [0, 0.05) is 10.6 Å². The topological polar surface area (TPSA) is 63.0 Å². The summed E-state index contributed by atoms with van der Waals surface area (Å²) in [6.45, 7) is 1.91. The van der Waals surface area contributed by atoms with Gasteiger partial charge in [0.25, 0.3) is 5.91 Å². The van der Waals surface area contributed by atoms with Crippen LogP contribution in [0.1, 0.15) is 17.4 Å². The summed E-state index contributed by atoms with van der Waals surface area (Å²) in [5, 5.41) is 2.57. The van der Waals surface area contributed by atoms with Crippen LogP contribution < -0.4 is 9.96 Å². The summed E-state index contributed by atoms with van der Waals surface area (Å²) in [6, 6.07) is 24.7. The minimum absolute atomic E-state index is 0.332. The minimum atomic E-state index is -0.976. The number of amides is 2. The number of hydroxylamine groups is 1. The number of aryl methyl sites for hydroxylation is 1. The molecule has 3 aromatic carbocycles. The van der Waals surface area contributed by atoms with Crippen LogP contribution in [0.2, 0.25) is 10.0 Å². The Bertz CT molecular complexity index is 1490. The Hall–Kier alpha value is -3.58. The molecule has 2 saturated heterocycles. The molecule has 0 bridgehead atoms. The first-order valence-electron chi connectivity index (χ1n) is 11.4. The van der Waals surface area contributed by atoms with Crippen molar-refractivity contribution < 1.29 is 18.8 Å². The molecule has 0 radical (unpaired) electrons. The lowest BCUT2D eigenvalue weighted by Crippen LogP contribution is -2.37. The van der Waals surface area contributed by atoms with Crippen molar-refractivity contribution in [1.82, 2.24) is 0 Å². The number of benzene rings is 3. The van der Waals surface area contributed by atoms with Crippen LogP contribution in [0.15, 0.2) is 89.3 Å². The van der Waals surface area contributed by atoms with Crippen LogP contribution in [0, 0.1) is 12.8 Å². The third kappa shape index (κ3) is 3.69. The SMILES string of the molecule is Cc1cccc(N2C(=O)[C@@H]3[C@@H](c4ccc(-c5ccc(Cl)cc5Cl)o4)N(c4ccccc4)O[C@H]3C2=O)c1. The smallest absolute Gasteiger partial charge is 0.266 e. The van der Waals surface area contributed by atoms with E-state index in [0.29, 0.717) is 38.5 Å². The van der Waals surface area contributed by atoms with Crippen molar-refractivity contribution >= 4 is 46.4 Å². The maximum Gasteiger partial charge on any atom is 0.266 e. The van der Waals surface area contributed by atoms with Gasteiger partial charge >= 0.3 is 0 Å². The third-order valence-corrected chi connectivity index (χ3v) is 7.05. The average molecular weight is 519 g/mol. The molecule has 0 N–H and O–H groups in total. The van der Waals surface area contributed by atoms with E-state index in [-0.39, 0.29) is 5.91 Å². The highest BCUT2D eigenvalue weighted by Crippen LogP contribution is 2.48. The first kappa shape index (κ1) is 22.9. The zero-order valence-corrected chi connectivity index (χ0v) is 20.6. The minimum Gasteiger partial charge on any atom is -0.459 e. The van der Waals surface area contributed by atoms with Crippen LogP contribution in [0.5, 0.6) is 0 Å². The molecule has 0 saturated carbocycles. The number of hydrogen-bond donors (Lipinski definition) is 0. The van der Waals surface area contributed by atoms with Crippen molar-refractivity contribution in [3.8, 4) is 11.3 Å². The summed E-state index contributed by atoms with van der Waals surface area (Å²) in [7, 11) is 0. The van der Waals surface area contributed by atoms with Gasteiger partial charge in [-0.1, -0.05) is 53.5 Å². The Morgan fingerprint density at radius 3 is 2.33 bits per heavy atom. The summed E-state index contributed by atoms with van der Waals surface area (Å²) in [6.07, 6.45) is -0.976. The molecule has 180 valence electrons. The Morgan fingerprint density at radius 1 is 0.806 bits per heavy atom. The monoisotopic (exact) mass is 518 g/mol. The first-order chi connectivity index (χ1) is 17.4. The number of rotatable bonds is 4. The molecule has 3 atom stereocenters. The summed E-state index contributed by atoms with van der Waals surface area (Å²) in [5.74, 6) is -0.513. The van der Waals surface area contributed by atoms with E-state index in [1.165, 1.54) is 4.90 Å². The highest BCUT2D eigenvalue weighted by atomic mass is 35.5. The molecule has 6 nitrogen and oxygen atoms in total. The summed E-state index contributed by atoms with van der Waals surface area (Å²) >= 11 is 12.5. The predicted octanol–water partition coefficient (Wildman–Crippen LogP) is 6.61. The largest absolute Gasteiger partial charge is 0.459 e. The van der Waals surface area contributed by atoms with E-state index in [0.717, 1.165) is 5.56 Å². The number of para-hydroxylation sites is 1. The van der Waals surface area contributed by atoms with Crippen molar-refractivity contribution in [3.63, 3.8) is 0 Å². The van der Waals surface area contributed by atoms with Gasteiger partial charge in [0.05, 0.1) is 16.4 Å². The summed E-state index contributed by atoms with van der Waals surface area (Å²) in [5.41, 5.74) is 2.86. The molecular weight excluding hydrogens is 499 g/mol. The molecular formula is C28H20Cl2N2O4. The average Bonchev–Trinajstić information content (AvgIpc) is 3.55.